The first-order valence-corrected chi connectivity index (χ1v) is 14.0. The van der Waals surface area contributed by atoms with Gasteiger partial charge in [-0.25, -0.2) is 0 Å². The lowest BCUT2D eigenvalue weighted by atomic mass is 10.0. The number of halogens is 2. The number of hydrogen-bond acceptors (Lipinski definition) is 3. The zero-order valence-corrected chi connectivity index (χ0v) is 23.0. The van der Waals surface area contributed by atoms with Gasteiger partial charge in [0, 0.05) is 34.8 Å². The van der Waals surface area contributed by atoms with Gasteiger partial charge in [-0.15, -0.1) is 11.8 Å². The van der Waals surface area contributed by atoms with Gasteiger partial charge in [-0.2, -0.15) is 0 Å². The molecule has 0 bridgehead atoms. The molecule has 0 saturated carbocycles. The largest absolute Gasteiger partial charge is 0.352 e. The predicted molar refractivity (Wildman–Crippen MR) is 151 cm³/mol. The SMILES string of the molecule is CC[C@H](C)NC(=O)[C@@H](Cc1ccccc1)N(Cc1cccc(Cl)c1)C(=O)CSCc1ccccc1Cl. The molecule has 3 rings (SSSR count). The number of thioether (sulfide) groups is 1. The number of nitrogens with zero attached hydrogens (tertiary/aromatic N) is 1. The highest BCUT2D eigenvalue weighted by molar-refractivity contribution is 7.99. The highest BCUT2D eigenvalue weighted by Crippen LogP contribution is 2.23. The summed E-state index contributed by atoms with van der Waals surface area (Å²) in [5.74, 6) is 0.582. The number of amides is 2. The van der Waals surface area contributed by atoms with Crippen LogP contribution in [0.25, 0.3) is 0 Å². The second-order valence-corrected chi connectivity index (χ2v) is 10.6. The predicted octanol–water partition coefficient (Wildman–Crippen LogP) is 6.78. The van der Waals surface area contributed by atoms with Crippen molar-refractivity contribution in [3.63, 3.8) is 0 Å². The Morgan fingerprint density at radius 2 is 1.64 bits per heavy atom. The minimum atomic E-state index is -0.659. The van der Waals surface area contributed by atoms with Crippen molar-refractivity contribution in [3.05, 3.63) is 106 Å². The fraction of sp³-hybridized carbons (Fsp3) is 0.310. The summed E-state index contributed by atoms with van der Waals surface area (Å²) in [4.78, 5) is 28.9. The van der Waals surface area contributed by atoms with Crippen LogP contribution in [-0.2, 0) is 28.3 Å². The van der Waals surface area contributed by atoms with Gasteiger partial charge in [0.1, 0.15) is 6.04 Å². The third kappa shape index (κ3) is 8.58. The zero-order chi connectivity index (χ0) is 25.9. The lowest BCUT2D eigenvalue weighted by Crippen LogP contribution is -2.52. The van der Waals surface area contributed by atoms with Crippen LogP contribution in [-0.4, -0.2) is 34.6 Å². The van der Waals surface area contributed by atoms with E-state index in [4.69, 9.17) is 23.2 Å². The average molecular weight is 544 g/mol. The molecule has 36 heavy (non-hydrogen) atoms. The normalized spacial score (nSPS) is 12.6. The molecule has 0 aliphatic rings. The van der Waals surface area contributed by atoms with Gasteiger partial charge < -0.3 is 10.2 Å². The van der Waals surface area contributed by atoms with Crippen LogP contribution in [0.3, 0.4) is 0 Å². The van der Waals surface area contributed by atoms with Gasteiger partial charge in [0.2, 0.25) is 11.8 Å². The molecule has 3 aromatic carbocycles. The lowest BCUT2D eigenvalue weighted by Gasteiger charge is -2.32. The van der Waals surface area contributed by atoms with Crippen LogP contribution < -0.4 is 5.32 Å². The Kier molecular flexibility index (Phi) is 11.2. The standard InChI is InChI=1S/C29H32Cl2N2O2S/c1-3-21(2)32-29(35)27(17-22-10-5-4-6-11-22)33(18-23-12-9-14-25(30)16-23)28(34)20-36-19-24-13-7-8-15-26(24)31/h4-16,21,27H,3,17-20H2,1-2H3,(H,32,35)/t21-,27+/m0/s1. The van der Waals surface area contributed by atoms with E-state index in [1.165, 1.54) is 11.8 Å². The van der Waals surface area contributed by atoms with E-state index < -0.39 is 6.04 Å². The van der Waals surface area contributed by atoms with E-state index in [0.717, 1.165) is 23.1 Å². The molecule has 0 saturated heterocycles. The number of carbonyl (C=O) groups is 2. The molecule has 0 aliphatic heterocycles. The molecule has 0 aliphatic carbocycles. The highest BCUT2D eigenvalue weighted by Gasteiger charge is 2.31. The third-order valence-electron chi connectivity index (χ3n) is 5.96. The zero-order valence-electron chi connectivity index (χ0n) is 20.6. The summed E-state index contributed by atoms with van der Waals surface area (Å²) in [6.45, 7) is 4.29. The maximum absolute atomic E-state index is 13.7. The van der Waals surface area contributed by atoms with E-state index in [-0.39, 0.29) is 30.2 Å². The minimum Gasteiger partial charge on any atom is -0.352 e. The van der Waals surface area contributed by atoms with E-state index in [2.05, 4.69) is 5.32 Å². The van der Waals surface area contributed by atoms with Crippen molar-refractivity contribution >= 4 is 46.8 Å². The summed E-state index contributed by atoms with van der Waals surface area (Å²) >= 11 is 14.0. The highest BCUT2D eigenvalue weighted by atomic mass is 35.5. The monoisotopic (exact) mass is 542 g/mol. The molecule has 0 spiro atoms. The number of nitrogens with one attached hydrogen (secondary N) is 1. The maximum atomic E-state index is 13.7. The first-order valence-electron chi connectivity index (χ1n) is 12.1. The van der Waals surface area contributed by atoms with Crippen molar-refractivity contribution in [1.29, 1.82) is 0 Å². The maximum Gasteiger partial charge on any atom is 0.243 e. The molecule has 7 heteroatoms. The first kappa shape index (κ1) is 28.1. The van der Waals surface area contributed by atoms with Gasteiger partial charge in [-0.1, -0.05) is 90.8 Å². The Morgan fingerprint density at radius 3 is 2.33 bits per heavy atom. The molecule has 4 nitrogen and oxygen atoms in total. The van der Waals surface area contributed by atoms with Crippen LogP contribution in [0.4, 0.5) is 0 Å². The van der Waals surface area contributed by atoms with E-state index in [1.54, 1.807) is 11.0 Å². The van der Waals surface area contributed by atoms with Crippen LogP contribution >= 0.6 is 35.0 Å². The molecular formula is C29H32Cl2N2O2S. The van der Waals surface area contributed by atoms with Crippen LogP contribution in [0.1, 0.15) is 37.0 Å². The summed E-state index contributed by atoms with van der Waals surface area (Å²) in [6, 6.07) is 24.2. The van der Waals surface area contributed by atoms with Crippen molar-refractivity contribution in [2.75, 3.05) is 5.75 Å². The van der Waals surface area contributed by atoms with E-state index in [0.29, 0.717) is 22.2 Å². The molecule has 3 aromatic rings. The van der Waals surface area contributed by atoms with Crippen LogP contribution in [0.2, 0.25) is 10.0 Å². The molecule has 0 aromatic heterocycles. The minimum absolute atomic E-state index is 0.00786. The third-order valence-corrected chi connectivity index (χ3v) is 7.53. The number of carbonyl (C=O) groups excluding carboxylic acids is 2. The van der Waals surface area contributed by atoms with Gasteiger partial charge >= 0.3 is 0 Å². The summed E-state index contributed by atoms with van der Waals surface area (Å²) in [7, 11) is 0. The fourth-order valence-corrected chi connectivity index (χ4v) is 5.18. The summed E-state index contributed by atoms with van der Waals surface area (Å²) in [5, 5.41) is 4.37. The molecule has 190 valence electrons. The van der Waals surface area contributed by atoms with Crippen molar-refractivity contribution in [2.45, 2.75) is 51.1 Å². The Hall–Kier alpha value is -2.47. The second-order valence-electron chi connectivity index (χ2n) is 8.76. The van der Waals surface area contributed by atoms with Crippen LogP contribution in [0.5, 0.6) is 0 Å². The summed E-state index contributed by atoms with van der Waals surface area (Å²) in [6.07, 6.45) is 1.23. The molecule has 0 fully saturated rings. The number of rotatable bonds is 12. The quantitative estimate of drug-likeness (QED) is 0.274. The van der Waals surface area contributed by atoms with Gasteiger partial charge in [0.15, 0.2) is 0 Å². The molecule has 2 amide bonds. The average Bonchev–Trinajstić information content (AvgIpc) is 2.87. The Labute approximate surface area is 228 Å². The van der Waals surface area contributed by atoms with Crippen molar-refractivity contribution in [2.24, 2.45) is 0 Å². The van der Waals surface area contributed by atoms with Crippen molar-refractivity contribution in [3.8, 4) is 0 Å². The Balaban J connectivity index is 1.86. The first-order chi connectivity index (χ1) is 17.4. The lowest BCUT2D eigenvalue weighted by molar-refractivity contribution is -0.139. The van der Waals surface area contributed by atoms with Crippen molar-refractivity contribution in [1.82, 2.24) is 10.2 Å². The van der Waals surface area contributed by atoms with E-state index in [9.17, 15) is 9.59 Å². The second kappa shape index (κ2) is 14.3. The summed E-state index contributed by atoms with van der Waals surface area (Å²) in [5.41, 5.74) is 2.85. The molecular weight excluding hydrogens is 511 g/mol. The van der Waals surface area contributed by atoms with Gasteiger partial charge in [0.05, 0.1) is 5.75 Å². The molecule has 0 radical (unpaired) electrons. The van der Waals surface area contributed by atoms with E-state index >= 15 is 0 Å². The smallest absolute Gasteiger partial charge is 0.243 e. The molecule has 2 atom stereocenters. The van der Waals surface area contributed by atoms with Gasteiger partial charge in [0.25, 0.3) is 0 Å². The molecule has 0 heterocycles. The number of benzene rings is 3. The van der Waals surface area contributed by atoms with Crippen LogP contribution in [0.15, 0.2) is 78.9 Å². The molecule has 1 N–H and O–H groups in total. The Bertz CT molecular complexity index is 1140. The topological polar surface area (TPSA) is 49.4 Å². The number of hydrogen-bond donors (Lipinski definition) is 1. The molecule has 0 unspecified atom stereocenters. The summed E-state index contributed by atoms with van der Waals surface area (Å²) < 4.78 is 0. The fourth-order valence-electron chi connectivity index (χ4n) is 3.77. The van der Waals surface area contributed by atoms with E-state index in [1.807, 2.05) is 86.6 Å². The van der Waals surface area contributed by atoms with Crippen LogP contribution in [0, 0.1) is 0 Å². The Morgan fingerprint density at radius 1 is 0.944 bits per heavy atom. The van der Waals surface area contributed by atoms with Crippen molar-refractivity contribution < 1.29 is 9.59 Å². The van der Waals surface area contributed by atoms with Gasteiger partial charge in [-0.05, 0) is 48.2 Å². The van der Waals surface area contributed by atoms with Gasteiger partial charge in [-0.3, -0.25) is 9.59 Å².